The molecule has 20 heavy (non-hydrogen) atoms. The molecule has 0 saturated carbocycles. The summed E-state index contributed by atoms with van der Waals surface area (Å²) in [5.41, 5.74) is 6.15. The van der Waals surface area contributed by atoms with Gasteiger partial charge in [-0.2, -0.15) is 13.2 Å². The molecule has 0 aliphatic heterocycles. The Kier molecular flexibility index (Phi) is 3.72. The average molecular weight is 281 g/mol. The highest BCUT2D eigenvalue weighted by Crippen LogP contribution is 2.37. The highest BCUT2D eigenvalue weighted by atomic mass is 19.4. The molecule has 2 aromatic rings. The second-order valence-corrected chi connectivity index (χ2v) is 4.62. The SMILES string of the molecule is Cc1ccc(C(O)c2ccccc2C(F)(F)F)c(N)c1. The van der Waals surface area contributed by atoms with Crippen LogP contribution in [0.25, 0.3) is 0 Å². The monoisotopic (exact) mass is 281 g/mol. The molecule has 1 atom stereocenters. The maximum Gasteiger partial charge on any atom is 0.416 e. The van der Waals surface area contributed by atoms with E-state index in [2.05, 4.69) is 0 Å². The summed E-state index contributed by atoms with van der Waals surface area (Å²) in [6, 6.07) is 9.81. The molecular formula is C15H14F3NO. The first-order valence-electron chi connectivity index (χ1n) is 6.01. The van der Waals surface area contributed by atoms with E-state index >= 15 is 0 Å². The quantitative estimate of drug-likeness (QED) is 0.825. The smallest absolute Gasteiger partial charge is 0.398 e. The van der Waals surface area contributed by atoms with Gasteiger partial charge in [-0.3, -0.25) is 0 Å². The fraction of sp³-hybridized carbons (Fsp3) is 0.200. The second-order valence-electron chi connectivity index (χ2n) is 4.62. The lowest BCUT2D eigenvalue weighted by molar-refractivity contribution is -0.139. The number of alkyl halides is 3. The van der Waals surface area contributed by atoms with Gasteiger partial charge in [0.2, 0.25) is 0 Å². The van der Waals surface area contributed by atoms with Gasteiger partial charge in [0.25, 0.3) is 0 Å². The molecule has 2 rings (SSSR count). The van der Waals surface area contributed by atoms with Crippen LogP contribution in [0.4, 0.5) is 18.9 Å². The molecule has 2 nitrogen and oxygen atoms in total. The molecular weight excluding hydrogens is 267 g/mol. The van der Waals surface area contributed by atoms with Gasteiger partial charge in [0.1, 0.15) is 6.10 Å². The van der Waals surface area contributed by atoms with Gasteiger partial charge >= 0.3 is 6.18 Å². The van der Waals surface area contributed by atoms with Crippen molar-refractivity contribution in [2.24, 2.45) is 0 Å². The summed E-state index contributed by atoms with van der Waals surface area (Å²) in [5, 5.41) is 10.2. The summed E-state index contributed by atoms with van der Waals surface area (Å²) in [6.07, 6.45) is -5.93. The lowest BCUT2D eigenvalue weighted by Crippen LogP contribution is -2.13. The Morgan fingerprint density at radius 2 is 1.70 bits per heavy atom. The van der Waals surface area contributed by atoms with E-state index in [9.17, 15) is 18.3 Å². The molecule has 0 amide bonds. The zero-order chi connectivity index (χ0) is 14.9. The lowest BCUT2D eigenvalue weighted by Gasteiger charge is -2.19. The molecule has 1 unspecified atom stereocenters. The molecule has 0 saturated heterocycles. The minimum atomic E-state index is -4.52. The average Bonchev–Trinajstić information content (AvgIpc) is 2.37. The molecule has 0 spiro atoms. The standard InChI is InChI=1S/C15H14F3NO/c1-9-6-7-11(13(19)8-9)14(20)10-4-2-3-5-12(10)15(16,17)18/h2-8,14,20H,19H2,1H3. The van der Waals surface area contributed by atoms with Crippen molar-refractivity contribution in [1.29, 1.82) is 0 Å². The Labute approximate surface area is 114 Å². The maximum atomic E-state index is 12.9. The fourth-order valence-corrected chi connectivity index (χ4v) is 2.10. The maximum absolute atomic E-state index is 12.9. The molecule has 0 heterocycles. The number of aliphatic hydroxyl groups is 1. The van der Waals surface area contributed by atoms with Crippen LogP contribution in [0.15, 0.2) is 42.5 Å². The van der Waals surface area contributed by atoms with Gasteiger partial charge in [-0.25, -0.2) is 0 Å². The van der Waals surface area contributed by atoms with Crippen molar-refractivity contribution in [2.75, 3.05) is 5.73 Å². The highest BCUT2D eigenvalue weighted by Gasteiger charge is 2.35. The molecule has 0 fully saturated rings. The summed E-state index contributed by atoms with van der Waals surface area (Å²) >= 11 is 0. The van der Waals surface area contributed by atoms with Gasteiger partial charge in [0, 0.05) is 11.3 Å². The summed E-state index contributed by atoms with van der Waals surface area (Å²) in [5.74, 6) is 0. The third-order valence-electron chi connectivity index (χ3n) is 3.10. The van der Waals surface area contributed by atoms with Gasteiger partial charge in [0.05, 0.1) is 5.56 Å². The zero-order valence-electron chi connectivity index (χ0n) is 10.8. The number of hydrogen-bond acceptors (Lipinski definition) is 2. The molecule has 106 valence electrons. The summed E-state index contributed by atoms with van der Waals surface area (Å²) in [7, 11) is 0. The van der Waals surface area contributed by atoms with Gasteiger partial charge < -0.3 is 10.8 Å². The van der Waals surface area contributed by atoms with Crippen LogP contribution in [0.2, 0.25) is 0 Å². The summed E-state index contributed by atoms with van der Waals surface area (Å²) in [4.78, 5) is 0. The van der Waals surface area contributed by atoms with E-state index in [0.29, 0.717) is 0 Å². The van der Waals surface area contributed by atoms with Crippen molar-refractivity contribution in [3.8, 4) is 0 Å². The molecule has 0 bridgehead atoms. The normalized spacial score (nSPS) is 13.2. The van der Waals surface area contributed by atoms with Crippen LogP contribution in [0, 0.1) is 6.92 Å². The Morgan fingerprint density at radius 1 is 1.05 bits per heavy atom. The van der Waals surface area contributed by atoms with Crippen molar-refractivity contribution >= 4 is 5.69 Å². The predicted octanol–water partition coefficient (Wildman–Crippen LogP) is 3.68. The van der Waals surface area contributed by atoms with Gasteiger partial charge in [-0.15, -0.1) is 0 Å². The molecule has 0 aliphatic carbocycles. The van der Waals surface area contributed by atoms with Crippen molar-refractivity contribution in [3.05, 3.63) is 64.7 Å². The Hall–Kier alpha value is -2.01. The van der Waals surface area contributed by atoms with Gasteiger partial charge in [-0.1, -0.05) is 30.3 Å². The fourth-order valence-electron chi connectivity index (χ4n) is 2.10. The van der Waals surface area contributed by atoms with Crippen LogP contribution in [-0.4, -0.2) is 5.11 Å². The zero-order valence-corrected chi connectivity index (χ0v) is 10.8. The van der Waals surface area contributed by atoms with E-state index in [1.54, 1.807) is 18.2 Å². The first-order chi connectivity index (χ1) is 9.30. The van der Waals surface area contributed by atoms with Crippen LogP contribution < -0.4 is 5.73 Å². The number of rotatable bonds is 2. The van der Waals surface area contributed by atoms with Crippen molar-refractivity contribution in [3.63, 3.8) is 0 Å². The third-order valence-corrected chi connectivity index (χ3v) is 3.10. The topological polar surface area (TPSA) is 46.2 Å². The number of halogens is 3. The molecule has 0 radical (unpaired) electrons. The van der Waals surface area contributed by atoms with Crippen LogP contribution in [0.1, 0.15) is 28.4 Å². The van der Waals surface area contributed by atoms with Crippen molar-refractivity contribution in [2.45, 2.75) is 19.2 Å². The summed E-state index contributed by atoms with van der Waals surface area (Å²) < 4.78 is 38.8. The molecule has 3 N–H and O–H groups in total. The number of aryl methyl sites for hydroxylation is 1. The van der Waals surface area contributed by atoms with Crippen LogP contribution in [0.5, 0.6) is 0 Å². The number of nitrogens with two attached hydrogens (primary N) is 1. The second kappa shape index (κ2) is 5.17. The van der Waals surface area contributed by atoms with E-state index in [1.165, 1.54) is 18.2 Å². The highest BCUT2D eigenvalue weighted by molar-refractivity contribution is 5.53. The Balaban J connectivity index is 2.51. The number of nitrogen functional groups attached to an aromatic ring is 1. The first-order valence-corrected chi connectivity index (χ1v) is 6.01. The van der Waals surface area contributed by atoms with E-state index in [4.69, 9.17) is 5.73 Å². The molecule has 0 aliphatic rings. The van der Waals surface area contributed by atoms with Gasteiger partial charge in [-0.05, 0) is 30.2 Å². The number of benzene rings is 2. The van der Waals surface area contributed by atoms with Crippen molar-refractivity contribution in [1.82, 2.24) is 0 Å². The third kappa shape index (κ3) is 2.77. The largest absolute Gasteiger partial charge is 0.416 e. The van der Waals surface area contributed by atoms with Gasteiger partial charge in [0.15, 0.2) is 0 Å². The van der Waals surface area contributed by atoms with E-state index in [1.807, 2.05) is 6.92 Å². The first kappa shape index (κ1) is 14.4. The molecule has 5 heteroatoms. The number of aliphatic hydroxyl groups excluding tert-OH is 1. The Morgan fingerprint density at radius 3 is 2.30 bits per heavy atom. The predicted molar refractivity (Wildman–Crippen MR) is 71.1 cm³/mol. The molecule has 0 aromatic heterocycles. The number of hydrogen-bond donors (Lipinski definition) is 2. The Bertz CT molecular complexity index is 623. The van der Waals surface area contributed by atoms with E-state index in [0.717, 1.165) is 11.6 Å². The van der Waals surface area contributed by atoms with E-state index in [-0.39, 0.29) is 16.8 Å². The molecule has 2 aromatic carbocycles. The van der Waals surface area contributed by atoms with Crippen molar-refractivity contribution < 1.29 is 18.3 Å². The minimum Gasteiger partial charge on any atom is -0.398 e. The summed E-state index contributed by atoms with van der Waals surface area (Å²) in [6.45, 7) is 1.82. The lowest BCUT2D eigenvalue weighted by atomic mass is 9.95. The van der Waals surface area contributed by atoms with Crippen LogP contribution in [0.3, 0.4) is 0 Å². The minimum absolute atomic E-state index is 0.199. The van der Waals surface area contributed by atoms with Crippen LogP contribution >= 0.6 is 0 Å². The number of anilines is 1. The van der Waals surface area contributed by atoms with E-state index < -0.39 is 17.8 Å². The van der Waals surface area contributed by atoms with Crippen LogP contribution in [-0.2, 0) is 6.18 Å².